The zero-order chi connectivity index (χ0) is 9.94. The van der Waals surface area contributed by atoms with Crippen LogP contribution in [0.2, 0.25) is 0 Å². The quantitative estimate of drug-likeness (QED) is 0.543. The van der Waals surface area contributed by atoms with Gasteiger partial charge in [0, 0.05) is 6.04 Å². The average Bonchev–Trinajstić information content (AvgIpc) is 2.09. The van der Waals surface area contributed by atoms with Crippen LogP contribution in [0.1, 0.15) is 58.3 Å². The largest absolute Gasteiger partial charge is 0.330 e. The van der Waals surface area contributed by atoms with E-state index in [0.29, 0.717) is 6.04 Å². The second-order valence-electron chi connectivity index (χ2n) is 4.03. The summed E-state index contributed by atoms with van der Waals surface area (Å²) in [5.41, 5.74) is 11.1. The van der Waals surface area contributed by atoms with Crippen LogP contribution in [0.5, 0.6) is 0 Å². The Labute approximate surface area is 83.1 Å². The highest BCUT2D eigenvalue weighted by molar-refractivity contribution is 4.53. The van der Waals surface area contributed by atoms with Crippen LogP contribution in [0.15, 0.2) is 0 Å². The summed E-state index contributed by atoms with van der Waals surface area (Å²) in [7, 11) is 0. The lowest BCUT2D eigenvalue weighted by atomic mass is 10.1. The van der Waals surface area contributed by atoms with Crippen LogP contribution in [0.3, 0.4) is 0 Å². The monoisotopic (exact) mass is 186 g/mol. The van der Waals surface area contributed by atoms with Crippen molar-refractivity contribution in [2.75, 3.05) is 6.54 Å². The van der Waals surface area contributed by atoms with Gasteiger partial charge < -0.3 is 11.5 Å². The van der Waals surface area contributed by atoms with Crippen LogP contribution >= 0.6 is 0 Å². The molecule has 0 bridgehead atoms. The molecule has 0 aromatic heterocycles. The molecule has 1 unspecified atom stereocenters. The third-order valence-electron chi connectivity index (χ3n) is 2.36. The van der Waals surface area contributed by atoms with Crippen molar-refractivity contribution in [2.45, 2.75) is 64.3 Å². The zero-order valence-electron chi connectivity index (χ0n) is 9.10. The van der Waals surface area contributed by atoms with Gasteiger partial charge in [0.1, 0.15) is 0 Å². The van der Waals surface area contributed by atoms with Crippen LogP contribution < -0.4 is 11.5 Å². The molecule has 0 spiro atoms. The van der Waals surface area contributed by atoms with Crippen molar-refractivity contribution in [1.82, 2.24) is 0 Å². The number of rotatable bonds is 9. The summed E-state index contributed by atoms with van der Waals surface area (Å²) in [4.78, 5) is 0. The molecule has 2 heteroatoms. The van der Waals surface area contributed by atoms with Crippen LogP contribution in [0.4, 0.5) is 0 Å². The van der Waals surface area contributed by atoms with Gasteiger partial charge in [-0.15, -0.1) is 0 Å². The van der Waals surface area contributed by atoms with Crippen molar-refractivity contribution in [3.8, 4) is 0 Å². The van der Waals surface area contributed by atoms with Crippen molar-refractivity contribution in [2.24, 2.45) is 11.5 Å². The Hall–Kier alpha value is -0.0800. The van der Waals surface area contributed by atoms with Crippen molar-refractivity contribution in [3.63, 3.8) is 0 Å². The first-order valence-electron chi connectivity index (χ1n) is 5.73. The topological polar surface area (TPSA) is 52.0 Å². The Morgan fingerprint density at radius 3 is 1.77 bits per heavy atom. The highest BCUT2D eigenvalue weighted by Gasteiger charge is 1.94. The lowest BCUT2D eigenvalue weighted by molar-refractivity contribution is 0.544. The standard InChI is InChI=1S/C11H26N2/c1-11(13)9-7-5-3-2-4-6-8-10-12/h11H,2-10,12-13H2,1H3. The second kappa shape index (κ2) is 10.0. The number of unbranched alkanes of at least 4 members (excludes halogenated alkanes) is 6. The first-order chi connectivity index (χ1) is 6.27. The van der Waals surface area contributed by atoms with Gasteiger partial charge in [0.05, 0.1) is 0 Å². The number of hydrogen-bond acceptors (Lipinski definition) is 2. The molecule has 0 aliphatic rings. The fourth-order valence-corrected chi connectivity index (χ4v) is 1.49. The highest BCUT2D eigenvalue weighted by atomic mass is 14.6. The third-order valence-corrected chi connectivity index (χ3v) is 2.36. The van der Waals surface area contributed by atoms with E-state index in [-0.39, 0.29) is 0 Å². The molecular formula is C11H26N2. The van der Waals surface area contributed by atoms with Gasteiger partial charge in [-0.2, -0.15) is 0 Å². The van der Waals surface area contributed by atoms with Gasteiger partial charge in [-0.1, -0.05) is 38.5 Å². The average molecular weight is 186 g/mol. The van der Waals surface area contributed by atoms with Crippen molar-refractivity contribution in [3.05, 3.63) is 0 Å². The molecule has 0 amide bonds. The maximum absolute atomic E-state index is 5.66. The Balaban J connectivity index is 2.84. The minimum absolute atomic E-state index is 0.386. The summed E-state index contributed by atoms with van der Waals surface area (Å²) >= 11 is 0. The van der Waals surface area contributed by atoms with Crippen LogP contribution in [0, 0.1) is 0 Å². The van der Waals surface area contributed by atoms with E-state index in [1.165, 1.54) is 51.4 Å². The van der Waals surface area contributed by atoms with E-state index >= 15 is 0 Å². The molecule has 80 valence electrons. The SMILES string of the molecule is CC(N)CCCCCCCCCN. The van der Waals surface area contributed by atoms with Gasteiger partial charge in [0.15, 0.2) is 0 Å². The molecule has 4 N–H and O–H groups in total. The van der Waals surface area contributed by atoms with E-state index in [9.17, 15) is 0 Å². The van der Waals surface area contributed by atoms with E-state index in [1.54, 1.807) is 0 Å². The van der Waals surface area contributed by atoms with Crippen molar-refractivity contribution < 1.29 is 0 Å². The molecule has 1 atom stereocenters. The minimum atomic E-state index is 0.386. The van der Waals surface area contributed by atoms with Gasteiger partial charge in [0.2, 0.25) is 0 Å². The van der Waals surface area contributed by atoms with E-state index in [4.69, 9.17) is 11.5 Å². The molecule has 0 aromatic rings. The first kappa shape index (κ1) is 12.9. The van der Waals surface area contributed by atoms with Crippen LogP contribution in [-0.4, -0.2) is 12.6 Å². The van der Waals surface area contributed by atoms with Crippen LogP contribution in [-0.2, 0) is 0 Å². The van der Waals surface area contributed by atoms with Crippen molar-refractivity contribution in [1.29, 1.82) is 0 Å². The highest BCUT2D eigenvalue weighted by Crippen LogP contribution is 2.08. The minimum Gasteiger partial charge on any atom is -0.330 e. The van der Waals surface area contributed by atoms with Gasteiger partial charge in [0.25, 0.3) is 0 Å². The molecule has 13 heavy (non-hydrogen) atoms. The Kier molecular flexibility index (Phi) is 9.94. The molecule has 0 saturated heterocycles. The predicted octanol–water partition coefficient (Wildman–Crippen LogP) is 2.41. The maximum Gasteiger partial charge on any atom is 0.00104 e. The number of hydrogen-bond donors (Lipinski definition) is 2. The lowest BCUT2D eigenvalue weighted by Gasteiger charge is -2.04. The molecule has 0 fully saturated rings. The molecule has 0 aliphatic heterocycles. The second-order valence-corrected chi connectivity index (χ2v) is 4.03. The molecule has 0 heterocycles. The summed E-state index contributed by atoms with van der Waals surface area (Å²) in [5, 5.41) is 0. The molecule has 0 aromatic carbocycles. The molecule has 0 aliphatic carbocycles. The van der Waals surface area contributed by atoms with Gasteiger partial charge in [-0.05, 0) is 26.3 Å². The Morgan fingerprint density at radius 1 is 0.846 bits per heavy atom. The fourth-order valence-electron chi connectivity index (χ4n) is 1.49. The van der Waals surface area contributed by atoms with E-state index in [2.05, 4.69) is 6.92 Å². The van der Waals surface area contributed by atoms with Gasteiger partial charge in [-0.3, -0.25) is 0 Å². The normalized spacial score (nSPS) is 13.2. The summed E-state index contributed by atoms with van der Waals surface area (Å²) in [5.74, 6) is 0. The molecule has 0 rings (SSSR count). The maximum atomic E-state index is 5.66. The summed E-state index contributed by atoms with van der Waals surface area (Å²) in [6, 6.07) is 0.386. The van der Waals surface area contributed by atoms with Crippen LogP contribution in [0.25, 0.3) is 0 Å². The molecule has 0 saturated carbocycles. The zero-order valence-corrected chi connectivity index (χ0v) is 9.10. The van der Waals surface area contributed by atoms with E-state index in [0.717, 1.165) is 6.54 Å². The smallest absolute Gasteiger partial charge is 0.00104 e. The van der Waals surface area contributed by atoms with E-state index in [1.807, 2.05) is 0 Å². The number of nitrogens with two attached hydrogens (primary N) is 2. The fraction of sp³-hybridized carbons (Fsp3) is 1.00. The van der Waals surface area contributed by atoms with Crippen molar-refractivity contribution >= 4 is 0 Å². The lowest BCUT2D eigenvalue weighted by Crippen LogP contribution is -2.13. The first-order valence-corrected chi connectivity index (χ1v) is 5.73. The predicted molar refractivity (Wildman–Crippen MR) is 59.6 cm³/mol. The molecular weight excluding hydrogens is 160 g/mol. The third kappa shape index (κ3) is 11.9. The molecule has 0 radical (unpaired) electrons. The Bertz CT molecular complexity index is 92.1. The summed E-state index contributed by atoms with van der Waals surface area (Å²) < 4.78 is 0. The summed E-state index contributed by atoms with van der Waals surface area (Å²) in [6.45, 7) is 2.94. The molecule has 2 nitrogen and oxygen atoms in total. The van der Waals surface area contributed by atoms with Gasteiger partial charge >= 0.3 is 0 Å². The summed E-state index contributed by atoms with van der Waals surface area (Å²) in [6.07, 6.45) is 10.4. The Morgan fingerprint density at radius 2 is 1.31 bits per heavy atom. The van der Waals surface area contributed by atoms with E-state index < -0.39 is 0 Å². The van der Waals surface area contributed by atoms with Gasteiger partial charge in [-0.25, -0.2) is 0 Å².